The molecule has 0 unspecified atom stereocenters. The highest BCUT2D eigenvalue weighted by Crippen LogP contribution is 2.27. The summed E-state index contributed by atoms with van der Waals surface area (Å²) in [7, 11) is -1.90. The Morgan fingerprint density at radius 1 is 1.39 bits per heavy atom. The lowest BCUT2D eigenvalue weighted by molar-refractivity contribution is 0.107. The van der Waals surface area contributed by atoms with Gasteiger partial charge in [0.1, 0.15) is 12.7 Å². The molecule has 1 fully saturated rings. The second-order valence-electron chi connectivity index (χ2n) is 5.18. The first kappa shape index (κ1) is 16.0. The van der Waals surface area contributed by atoms with Crippen LogP contribution in [0.2, 0.25) is 0 Å². The molecule has 1 aromatic carbocycles. The minimum atomic E-state index is -3.59. The number of carbonyl (C=O) groups excluding carboxylic acids is 1. The van der Waals surface area contributed by atoms with Gasteiger partial charge in [-0.15, -0.1) is 0 Å². The largest absolute Gasteiger partial charge is 0.441 e. The van der Waals surface area contributed by atoms with Crippen molar-refractivity contribution in [2.45, 2.75) is 6.10 Å². The molecular formula is C13H14N2O6S2. The molecule has 1 aliphatic rings. The molecule has 1 amide bonds. The lowest BCUT2D eigenvalue weighted by Gasteiger charge is -2.13. The predicted molar refractivity (Wildman–Crippen MR) is 85.5 cm³/mol. The van der Waals surface area contributed by atoms with E-state index in [1.807, 2.05) is 0 Å². The fraction of sp³-hybridized carbons (Fsp3) is 0.385. The van der Waals surface area contributed by atoms with Crippen molar-refractivity contribution in [3.8, 4) is 0 Å². The third-order valence-electron chi connectivity index (χ3n) is 3.43. The Hall–Kier alpha value is -1.91. The van der Waals surface area contributed by atoms with Crippen molar-refractivity contribution in [3.05, 3.63) is 27.9 Å². The Labute approximate surface area is 136 Å². The van der Waals surface area contributed by atoms with E-state index in [0.29, 0.717) is 5.69 Å². The van der Waals surface area contributed by atoms with Crippen molar-refractivity contribution in [3.63, 3.8) is 0 Å². The summed E-state index contributed by atoms with van der Waals surface area (Å²) < 4.78 is 34.0. The van der Waals surface area contributed by atoms with Gasteiger partial charge in [0, 0.05) is 12.7 Å². The molecule has 23 heavy (non-hydrogen) atoms. The standard InChI is InChI=1S/C13H14N2O6S2/c1-14-10-4-3-8(5-11(10)22-13(14)17)15-6-9(21-12(15)16)7-20-23(2,18)19/h3-5,9H,6-7H2,1-2H3/t9-/m1/s1. The van der Waals surface area contributed by atoms with Gasteiger partial charge in [-0.1, -0.05) is 11.3 Å². The van der Waals surface area contributed by atoms with E-state index < -0.39 is 22.3 Å². The van der Waals surface area contributed by atoms with Crippen molar-refractivity contribution in [2.24, 2.45) is 7.05 Å². The maximum Gasteiger partial charge on any atom is 0.414 e. The van der Waals surface area contributed by atoms with Crippen LogP contribution in [0.15, 0.2) is 23.0 Å². The van der Waals surface area contributed by atoms with Crippen molar-refractivity contribution in [1.82, 2.24) is 4.57 Å². The molecule has 0 radical (unpaired) electrons. The Morgan fingerprint density at radius 3 is 2.83 bits per heavy atom. The van der Waals surface area contributed by atoms with Gasteiger partial charge in [-0.3, -0.25) is 13.9 Å². The summed E-state index contributed by atoms with van der Waals surface area (Å²) in [5, 5.41) is 0. The van der Waals surface area contributed by atoms with Crippen LogP contribution in [0.4, 0.5) is 10.5 Å². The zero-order chi connectivity index (χ0) is 16.8. The number of aromatic nitrogens is 1. The minimum Gasteiger partial charge on any atom is -0.441 e. The fourth-order valence-electron chi connectivity index (χ4n) is 2.31. The van der Waals surface area contributed by atoms with E-state index in [9.17, 15) is 18.0 Å². The van der Waals surface area contributed by atoms with Gasteiger partial charge in [0.2, 0.25) is 0 Å². The number of aryl methyl sites for hydroxylation is 1. The molecule has 8 nitrogen and oxygen atoms in total. The molecule has 0 N–H and O–H groups in total. The topological polar surface area (TPSA) is 94.9 Å². The molecule has 2 aromatic rings. The molecule has 0 aliphatic carbocycles. The highest BCUT2D eigenvalue weighted by atomic mass is 32.2. The van der Waals surface area contributed by atoms with Gasteiger partial charge in [0.25, 0.3) is 10.1 Å². The number of carbonyl (C=O) groups is 1. The number of amides is 1. The molecule has 1 saturated heterocycles. The monoisotopic (exact) mass is 358 g/mol. The van der Waals surface area contributed by atoms with Crippen LogP contribution in [0.5, 0.6) is 0 Å². The molecule has 1 atom stereocenters. The van der Waals surface area contributed by atoms with E-state index in [4.69, 9.17) is 4.74 Å². The fourth-order valence-corrected chi connectivity index (χ4v) is 3.62. The molecule has 124 valence electrons. The number of thiazole rings is 1. The number of benzene rings is 1. The van der Waals surface area contributed by atoms with Crippen LogP contribution in [0.3, 0.4) is 0 Å². The zero-order valence-electron chi connectivity index (χ0n) is 12.4. The summed E-state index contributed by atoms with van der Waals surface area (Å²) in [5.41, 5.74) is 1.37. The number of anilines is 1. The van der Waals surface area contributed by atoms with Crippen molar-refractivity contribution >= 4 is 43.5 Å². The molecule has 2 heterocycles. The highest BCUT2D eigenvalue weighted by molar-refractivity contribution is 7.85. The Morgan fingerprint density at radius 2 is 2.13 bits per heavy atom. The molecule has 10 heteroatoms. The zero-order valence-corrected chi connectivity index (χ0v) is 14.0. The average molecular weight is 358 g/mol. The second-order valence-corrected chi connectivity index (χ2v) is 7.82. The average Bonchev–Trinajstić information content (AvgIpc) is 2.97. The van der Waals surface area contributed by atoms with Gasteiger partial charge < -0.3 is 9.30 Å². The van der Waals surface area contributed by atoms with Crippen LogP contribution < -0.4 is 9.77 Å². The number of hydrogen-bond acceptors (Lipinski definition) is 7. The van der Waals surface area contributed by atoms with E-state index in [2.05, 4.69) is 4.18 Å². The Bertz CT molecular complexity index is 930. The Kier molecular flexibility index (Phi) is 3.90. The van der Waals surface area contributed by atoms with Gasteiger partial charge in [0.15, 0.2) is 0 Å². The van der Waals surface area contributed by atoms with Gasteiger partial charge in [-0.25, -0.2) is 4.79 Å². The minimum absolute atomic E-state index is 0.0828. The van der Waals surface area contributed by atoms with Crippen LogP contribution in [-0.2, 0) is 26.1 Å². The SMILES string of the molecule is Cn1c(=O)sc2cc(N3C[C@H](COS(C)(=O)=O)OC3=O)ccc21. The summed E-state index contributed by atoms with van der Waals surface area (Å²) in [4.78, 5) is 24.9. The van der Waals surface area contributed by atoms with E-state index in [-0.39, 0.29) is 18.0 Å². The van der Waals surface area contributed by atoms with E-state index in [1.165, 1.54) is 9.47 Å². The number of rotatable bonds is 4. The van der Waals surface area contributed by atoms with Gasteiger partial charge in [-0.05, 0) is 18.2 Å². The molecule has 1 aromatic heterocycles. The molecule has 0 spiro atoms. The van der Waals surface area contributed by atoms with Crippen LogP contribution in [0.25, 0.3) is 10.2 Å². The lowest BCUT2D eigenvalue weighted by atomic mass is 10.2. The maximum absolute atomic E-state index is 12.0. The van der Waals surface area contributed by atoms with E-state index in [1.54, 1.807) is 25.2 Å². The van der Waals surface area contributed by atoms with Crippen LogP contribution in [0.1, 0.15) is 0 Å². The third kappa shape index (κ3) is 3.23. The van der Waals surface area contributed by atoms with Crippen molar-refractivity contribution in [2.75, 3.05) is 24.3 Å². The van der Waals surface area contributed by atoms with E-state index in [0.717, 1.165) is 27.8 Å². The van der Waals surface area contributed by atoms with Crippen LogP contribution in [0, 0.1) is 0 Å². The van der Waals surface area contributed by atoms with Crippen molar-refractivity contribution < 1.29 is 22.1 Å². The lowest BCUT2D eigenvalue weighted by Crippen LogP contribution is -2.26. The van der Waals surface area contributed by atoms with Gasteiger partial charge in [-0.2, -0.15) is 8.42 Å². The first-order valence-corrected chi connectivity index (χ1v) is 9.30. The van der Waals surface area contributed by atoms with Crippen molar-refractivity contribution in [1.29, 1.82) is 0 Å². The van der Waals surface area contributed by atoms with E-state index >= 15 is 0 Å². The number of cyclic esters (lactones) is 1. The first-order valence-electron chi connectivity index (χ1n) is 6.67. The summed E-state index contributed by atoms with van der Waals surface area (Å²) in [6.45, 7) is -0.0381. The normalized spacial score (nSPS) is 18.6. The summed E-state index contributed by atoms with van der Waals surface area (Å²) in [6.07, 6.45) is -0.301. The predicted octanol–water partition coefficient (Wildman–Crippen LogP) is 0.901. The number of fused-ring (bicyclic) bond motifs is 1. The smallest absolute Gasteiger partial charge is 0.414 e. The maximum atomic E-state index is 12.0. The summed E-state index contributed by atoms with van der Waals surface area (Å²) in [6, 6.07) is 5.22. The molecule has 1 aliphatic heterocycles. The molecule has 0 saturated carbocycles. The quantitative estimate of drug-likeness (QED) is 0.754. The summed E-state index contributed by atoms with van der Waals surface area (Å²) in [5.74, 6) is 0. The molecule has 0 bridgehead atoms. The van der Waals surface area contributed by atoms with Gasteiger partial charge in [0.05, 0.1) is 23.0 Å². The van der Waals surface area contributed by atoms with Gasteiger partial charge >= 0.3 is 11.0 Å². The highest BCUT2D eigenvalue weighted by Gasteiger charge is 2.33. The number of hydrogen-bond donors (Lipinski definition) is 0. The molecule has 3 rings (SSSR count). The molecular weight excluding hydrogens is 344 g/mol. The number of nitrogens with zero attached hydrogens (tertiary/aromatic N) is 2. The number of ether oxygens (including phenoxy) is 1. The first-order chi connectivity index (χ1) is 10.7. The Balaban J connectivity index is 1.81. The third-order valence-corrected chi connectivity index (χ3v) is 4.99. The van der Waals surface area contributed by atoms with Crippen LogP contribution >= 0.6 is 11.3 Å². The summed E-state index contributed by atoms with van der Waals surface area (Å²) >= 11 is 1.09. The second kappa shape index (κ2) is 5.62. The van der Waals surface area contributed by atoms with Crippen LogP contribution in [-0.4, -0.2) is 44.6 Å².